The second-order valence-electron chi connectivity index (χ2n) is 5.55. The van der Waals surface area contributed by atoms with E-state index in [1.54, 1.807) is 6.07 Å². The smallest absolute Gasteiger partial charge is 0.347 e. The van der Waals surface area contributed by atoms with Gasteiger partial charge in [0.1, 0.15) is 0 Å². The number of aryl methyl sites for hydroxylation is 1. The van der Waals surface area contributed by atoms with Crippen molar-refractivity contribution in [1.82, 2.24) is 5.32 Å². The Labute approximate surface area is 142 Å². The van der Waals surface area contributed by atoms with E-state index < -0.39 is 42.3 Å². The highest BCUT2D eigenvalue weighted by molar-refractivity contribution is 5.73. The molecule has 148 valence electrons. The number of carbonyl (C=O) groups excluding carboxylic acids is 1. The summed E-state index contributed by atoms with van der Waals surface area (Å²) in [4.78, 5) is 11.0. The first-order valence-electron chi connectivity index (χ1n) is 7.15. The highest BCUT2D eigenvalue weighted by atomic mass is 19.4. The van der Waals surface area contributed by atoms with Crippen molar-refractivity contribution in [2.24, 2.45) is 0 Å². The van der Waals surface area contributed by atoms with Crippen LogP contribution < -0.4 is 5.32 Å². The summed E-state index contributed by atoms with van der Waals surface area (Å²) < 4.78 is 118. The standard InChI is InChI=1S/C15H14F9NO/c1-9(26)25-11(8-7-10-5-3-2-4-6-10)12(16,17)13(18,19)14(20,21)15(22,23)24/h2-6,11H,7-8H2,1H3,(H,25,26)/t11-/m1/s1. The van der Waals surface area contributed by atoms with Gasteiger partial charge in [0, 0.05) is 6.92 Å². The average molecular weight is 395 g/mol. The third kappa shape index (κ3) is 4.24. The molecule has 1 atom stereocenters. The molecule has 0 unspecified atom stereocenters. The fourth-order valence-corrected chi connectivity index (χ4v) is 2.15. The van der Waals surface area contributed by atoms with Gasteiger partial charge in [-0.25, -0.2) is 0 Å². The van der Waals surface area contributed by atoms with E-state index >= 15 is 0 Å². The molecule has 26 heavy (non-hydrogen) atoms. The predicted octanol–water partition coefficient (Wildman–Crippen LogP) is 4.59. The Morgan fingerprint density at radius 1 is 0.923 bits per heavy atom. The molecule has 0 radical (unpaired) electrons. The Morgan fingerprint density at radius 3 is 1.85 bits per heavy atom. The molecule has 0 saturated carbocycles. The van der Waals surface area contributed by atoms with Crippen LogP contribution in [0, 0.1) is 0 Å². The SMILES string of the molecule is CC(=O)N[C@H](CCc1ccccc1)C(F)(F)C(F)(F)C(F)(F)C(F)(F)F. The van der Waals surface area contributed by atoms with Crippen LogP contribution >= 0.6 is 0 Å². The van der Waals surface area contributed by atoms with Crippen LogP contribution in [0.25, 0.3) is 0 Å². The van der Waals surface area contributed by atoms with Crippen LogP contribution in [-0.2, 0) is 11.2 Å². The normalized spacial score (nSPS) is 14.8. The minimum Gasteiger partial charge on any atom is -0.347 e. The molecule has 0 fully saturated rings. The third-order valence-electron chi connectivity index (χ3n) is 3.55. The van der Waals surface area contributed by atoms with Crippen LogP contribution in [-0.4, -0.2) is 35.9 Å². The summed E-state index contributed by atoms with van der Waals surface area (Å²) >= 11 is 0. The summed E-state index contributed by atoms with van der Waals surface area (Å²) in [6.45, 7) is 0.644. The van der Waals surface area contributed by atoms with Crippen molar-refractivity contribution in [3.8, 4) is 0 Å². The molecule has 0 spiro atoms. The summed E-state index contributed by atoms with van der Waals surface area (Å²) in [6, 6.07) is 4.39. The van der Waals surface area contributed by atoms with Crippen molar-refractivity contribution in [3.63, 3.8) is 0 Å². The van der Waals surface area contributed by atoms with Gasteiger partial charge in [-0.1, -0.05) is 30.3 Å². The lowest BCUT2D eigenvalue weighted by Gasteiger charge is -2.37. The van der Waals surface area contributed by atoms with Gasteiger partial charge in [0.25, 0.3) is 0 Å². The number of rotatable bonds is 7. The Balaban J connectivity index is 3.18. The number of hydrogen-bond acceptors (Lipinski definition) is 1. The van der Waals surface area contributed by atoms with Crippen LogP contribution in [0.2, 0.25) is 0 Å². The van der Waals surface area contributed by atoms with Gasteiger partial charge < -0.3 is 5.32 Å². The monoisotopic (exact) mass is 395 g/mol. The molecule has 0 bridgehead atoms. The van der Waals surface area contributed by atoms with Crippen LogP contribution in [0.3, 0.4) is 0 Å². The maximum atomic E-state index is 14.0. The lowest BCUT2D eigenvalue weighted by Crippen LogP contribution is -2.67. The molecular formula is C15H14F9NO. The van der Waals surface area contributed by atoms with Crippen molar-refractivity contribution in [1.29, 1.82) is 0 Å². The molecule has 0 heterocycles. The van der Waals surface area contributed by atoms with Gasteiger partial charge in [-0.15, -0.1) is 0 Å². The van der Waals surface area contributed by atoms with E-state index in [4.69, 9.17) is 0 Å². The van der Waals surface area contributed by atoms with Gasteiger partial charge >= 0.3 is 23.9 Å². The van der Waals surface area contributed by atoms with Gasteiger partial charge in [-0.05, 0) is 18.4 Å². The van der Waals surface area contributed by atoms with E-state index in [0.29, 0.717) is 12.5 Å². The Hall–Kier alpha value is -1.94. The molecule has 2 nitrogen and oxygen atoms in total. The molecule has 0 aromatic heterocycles. The zero-order valence-corrected chi connectivity index (χ0v) is 13.2. The first-order valence-corrected chi connectivity index (χ1v) is 7.15. The van der Waals surface area contributed by atoms with Gasteiger partial charge in [0.2, 0.25) is 5.91 Å². The second kappa shape index (κ2) is 7.36. The van der Waals surface area contributed by atoms with Crippen molar-refractivity contribution >= 4 is 5.91 Å². The number of alkyl halides is 9. The van der Waals surface area contributed by atoms with Crippen molar-refractivity contribution < 1.29 is 44.3 Å². The molecular weight excluding hydrogens is 381 g/mol. The number of carbonyl (C=O) groups is 1. The average Bonchev–Trinajstić information content (AvgIpc) is 2.50. The number of hydrogen-bond donors (Lipinski definition) is 1. The van der Waals surface area contributed by atoms with Crippen LogP contribution in [0.5, 0.6) is 0 Å². The molecule has 0 aliphatic carbocycles. The highest BCUT2D eigenvalue weighted by Crippen LogP contribution is 2.54. The Morgan fingerprint density at radius 2 is 1.42 bits per heavy atom. The van der Waals surface area contributed by atoms with Gasteiger partial charge in [0.05, 0.1) is 6.04 Å². The van der Waals surface area contributed by atoms with E-state index in [1.165, 1.54) is 29.6 Å². The zero-order valence-electron chi connectivity index (χ0n) is 13.2. The first kappa shape index (κ1) is 22.1. The van der Waals surface area contributed by atoms with Gasteiger partial charge in [0.15, 0.2) is 0 Å². The predicted molar refractivity (Wildman–Crippen MR) is 73.3 cm³/mol. The molecule has 11 heteroatoms. The molecule has 0 aliphatic heterocycles. The van der Waals surface area contributed by atoms with Crippen molar-refractivity contribution in [2.45, 2.75) is 49.8 Å². The van der Waals surface area contributed by atoms with Crippen molar-refractivity contribution in [2.75, 3.05) is 0 Å². The minimum atomic E-state index is -6.99. The van der Waals surface area contributed by atoms with Gasteiger partial charge in [-0.2, -0.15) is 39.5 Å². The topological polar surface area (TPSA) is 29.1 Å². The first-order chi connectivity index (χ1) is 11.6. The molecule has 0 aliphatic rings. The molecule has 0 saturated heterocycles. The molecule has 1 rings (SSSR count). The zero-order chi connectivity index (χ0) is 20.4. The maximum Gasteiger partial charge on any atom is 0.460 e. The van der Waals surface area contributed by atoms with Gasteiger partial charge in [-0.3, -0.25) is 4.79 Å². The second-order valence-corrected chi connectivity index (χ2v) is 5.55. The summed E-state index contributed by atoms with van der Waals surface area (Å²) in [5.41, 5.74) is 0.338. The number of halogens is 9. The lowest BCUT2D eigenvalue weighted by atomic mass is 9.92. The van der Waals surface area contributed by atoms with E-state index in [0.717, 1.165) is 0 Å². The number of benzene rings is 1. The molecule has 1 aromatic carbocycles. The number of nitrogens with one attached hydrogen (secondary N) is 1. The third-order valence-corrected chi connectivity index (χ3v) is 3.55. The summed E-state index contributed by atoms with van der Waals surface area (Å²) in [5.74, 6) is -20.9. The largest absolute Gasteiger partial charge is 0.460 e. The summed E-state index contributed by atoms with van der Waals surface area (Å²) in [7, 11) is 0. The Bertz CT molecular complexity index is 613. The van der Waals surface area contributed by atoms with E-state index in [1.807, 2.05) is 0 Å². The summed E-state index contributed by atoms with van der Waals surface area (Å²) in [5, 5.41) is 1.35. The van der Waals surface area contributed by atoms with E-state index in [-0.39, 0.29) is 6.42 Å². The Kier molecular flexibility index (Phi) is 6.25. The van der Waals surface area contributed by atoms with E-state index in [2.05, 4.69) is 0 Å². The van der Waals surface area contributed by atoms with E-state index in [9.17, 15) is 44.3 Å². The molecule has 1 aromatic rings. The molecule has 1 amide bonds. The van der Waals surface area contributed by atoms with Crippen LogP contribution in [0.1, 0.15) is 18.9 Å². The minimum absolute atomic E-state index is 0.338. The lowest BCUT2D eigenvalue weighted by molar-refractivity contribution is -0.399. The fourth-order valence-electron chi connectivity index (χ4n) is 2.15. The van der Waals surface area contributed by atoms with Crippen LogP contribution in [0.4, 0.5) is 39.5 Å². The number of amides is 1. The highest BCUT2D eigenvalue weighted by Gasteiger charge is 2.82. The fraction of sp³-hybridized carbons (Fsp3) is 0.533. The quantitative estimate of drug-likeness (QED) is 0.673. The summed E-state index contributed by atoms with van der Waals surface area (Å²) in [6.07, 6.45) is -8.25. The maximum absolute atomic E-state index is 14.0. The van der Waals surface area contributed by atoms with Crippen molar-refractivity contribution in [3.05, 3.63) is 35.9 Å². The van der Waals surface area contributed by atoms with Crippen LogP contribution in [0.15, 0.2) is 30.3 Å². The molecule has 1 N–H and O–H groups in total.